The lowest BCUT2D eigenvalue weighted by atomic mass is 9.97. The van der Waals surface area contributed by atoms with Crippen LogP contribution in [0.5, 0.6) is 0 Å². The van der Waals surface area contributed by atoms with Crippen LogP contribution in [0, 0.1) is 18.3 Å². The van der Waals surface area contributed by atoms with Gasteiger partial charge in [-0.05, 0) is 18.3 Å². The van der Waals surface area contributed by atoms with Gasteiger partial charge in [0.05, 0.1) is 0 Å². The van der Waals surface area contributed by atoms with Crippen LogP contribution in [0.15, 0.2) is 48.6 Å². The third-order valence-corrected chi connectivity index (χ3v) is 2.00. The van der Waals surface area contributed by atoms with Gasteiger partial charge in [-0.2, -0.15) is 0 Å². The molecule has 0 aromatic rings. The third-order valence-electron chi connectivity index (χ3n) is 2.00. The topological polar surface area (TPSA) is 0 Å². The summed E-state index contributed by atoms with van der Waals surface area (Å²) in [6, 6.07) is 0. The Kier molecular flexibility index (Phi) is 1.76. The Balaban J connectivity index is 1.90. The second kappa shape index (κ2) is 2.91. The van der Waals surface area contributed by atoms with E-state index in [4.69, 9.17) is 0 Å². The van der Waals surface area contributed by atoms with Crippen molar-refractivity contribution in [1.82, 2.24) is 0 Å². The molecule has 2 aliphatic rings. The minimum atomic E-state index is 0.549. The first kappa shape index (κ1) is 6.66. The van der Waals surface area contributed by atoms with E-state index >= 15 is 0 Å². The maximum atomic E-state index is 2.33. The Morgan fingerprint density at radius 3 is 1.36 bits per heavy atom. The minimum absolute atomic E-state index is 0.549. The molecule has 0 nitrogen and oxygen atoms in total. The smallest absolute Gasteiger partial charge is 0.000704 e. The van der Waals surface area contributed by atoms with Crippen LogP contribution in [-0.4, -0.2) is 0 Å². The summed E-state index contributed by atoms with van der Waals surface area (Å²) in [7, 11) is 0. The van der Waals surface area contributed by atoms with Gasteiger partial charge in [-0.25, -0.2) is 0 Å². The van der Waals surface area contributed by atoms with Crippen molar-refractivity contribution in [1.29, 1.82) is 0 Å². The zero-order chi connectivity index (χ0) is 7.52. The van der Waals surface area contributed by atoms with Gasteiger partial charge in [-0.1, -0.05) is 48.6 Å². The summed E-state index contributed by atoms with van der Waals surface area (Å²) in [5, 5.41) is 0. The second-order valence-corrected chi connectivity index (χ2v) is 2.89. The fourth-order valence-electron chi connectivity index (χ4n) is 1.41. The van der Waals surface area contributed by atoms with Crippen LogP contribution >= 0.6 is 0 Å². The molecular formula is C11H11. The molecule has 0 aromatic heterocycles. The molecule has 1 radical (unpaired) electrons. The summed E-state index contributed by atoms with van der Waals surface area (Å²) >= 11 is 0. The second-order valence-electron chi connectivity index (χ2n) is 2.89. The SMILES string of the molecule is [CH](C1C=CC=C1)C1C=CC=C1. The third kappa shape index (κ3) is 1.51. The standard InChI is InChI=1S/C11H11/c1-2-6-10(5-1)9-11-7-3-4-8-11/h1-11H. The van der Waals surface area contributed by atoms with Crippen molar-refractivity contribution < 1.29 is 0 Å². The van der Waals surface area contributed by atoms with Gasteiger partial charge in [0.1, 0.15) is 0 Å². The zero-order valence-electron chi connectivity index (χ0n) is 6.35. The summed E-state index contributed by atoms with van der Waals surface area (Å²) in [6.07, 6.45) is 19.6. The Hall–Kier alpha value is -1.04. The summed E-state index contributed by atoms with van der Waals surface area (Å²) in [6.45, 7) is 0. The number of allylic oxidation sites excluding steroid dienone is 8. The summed E-state index contributed by atoms with van der Waals surface area (Å²) < 4.78 is 0. The maximum absolute atomic E-state index is 2.33. The molecule has 0 fully saturated rings. The number of hydrogen-bond acceptors (Lipinski definition) is 0. The number of hydrogen-bond donors (Lipinski definition) is 0. The highest BCUT2D eigenvalue weighted by Crippen LogP contribution is 2.21. The quantitative estimate of drug-likeness (QED) is 0.557. The monoisotopic (exact) mass is 143 g/mol. The Morgan fingerprint density at radius 2 is 1.00 bits per heavy atom. The molecule has 55 valence electrons. The molecule has 2 rings (SSSR count). The lowest BCUT2D eigenvalue weighted by molar-refractivity contribution is 0.824. The van der Waals surface area contributed by atoms with E-state index in [1.165, 1.54) is 0 Å². The van der Waals surface area contributed by atoms with Crippen molar-refractivity contribution in [2.75, 3.05) is 0 Å². The van der Waals surface area contributed by atoms with Gasteiger partial charge in [-0.3, -0.25) is 0 Å². The van der Waals surface area contributed by atoms with Gasteiger partial charge in [0, 0.05) is 0 Å². The highest BCUT2D eigenvalue weighted by Gasteiger charge is 2.10. The summed E-state index contributed by atoms with van der Waals surface area (Å²) in [4.78, 5) is 0. The van der Waals surface area contributed by atoms with Gasteiger partial charge in [0.15, 0.2) is 0 Å². The molecule has 0 N–H and O–H groups in total. The van der Waals surface area contributed by atoms with Gasteiger partial charge in [0.25, 0.3) is 0 Å². The van der Waals surface area contributed by atoms with Crippen LogP contribution in [0.3, 0.4) is 0 Å². The van der Waals surface area contributed by atoms with Gasteiger partial charge < -0.3 is 0 Å². The van der Waals surface area contributed by atoms with Gasteiger partial charge in [-0.15, -0.1) is 0 Å². The highest BCUT2D eigenvalue weighted by atomic mass is 14.1. The minimum Gasteiger partial charge on any atom is -0.0773 e. The molecule has 0 saturated heterocycles. The predicted octanol–water partition coefficient (Wildman–Crippen LogP) is 2.68. The van der Waals surface area contributed by atoms with Crippen LogP contribution in [0.25, 0.3) is 0 Å². The Bertz CT molecular complexity index is 191. The summed E-state index contributed by atoms with van der Waals surface area (Å²) in [5.74, 6) is 1.10. The fourth-order valence-corrected chi connectivity index (χ4v) is 1.41. The van der Waals surface area contributed by atoms with E-state index in [-0.39, 0.29) is 0 Å². The average molecular weight is 143 g/mol. The van der Waals surface area contributed by atoms with E-state index in [0.29, 0.717) is 11.8 Å². The molecule has 0 bridgehead atoms. The first-order valence-electron chi connectivity index (χ1n) is 4.00. The van der Waals surface area contributed by atoms with Crippen LogP contribution < -0.4 is 0 Å². The molecule has 0 heterocycles. The largest absolute Gasteiger partial charge is 0.0773 e. The van der Waals surface area contributed by atoms with E-state index in [1.807, 2.05) is 0 Å². The molecule has 0 aliphatic heterocycles. The summed E-state index contributed by atoms with van der Waals surface area (Å²) in [5.41, 5.74) is 0. The first-order valence-corrected chi connectivity index (χ1v) is 4.00. The van der Waals surface area contributed by atoms with Crippen LogP contribution in [0.1, 0.15) is 0 Å². The molecule has 0 amide bonds. The van der Waals surface area contributed by atoms with Crippen molar-refractivity contribution in [3.05, 3.63) is 55.0 Å². The van der Waals surface area contributed by atoms with E-state index < -0.39 is 0 Å². The van der Waals surface area contributed by atoms with E-state index in [0.717, 1.165) is 0 Å². The molecule has 0 aromatic carbocycles. The van der Waals surface area contributed by atoms with Crippen LogP contribution in [0.2, 0.25) is 0 Å². The lowest BCUT2D eigenvalue weighted by Crippen LogP contribution is -1.98. The molecule has 0 saturated carbocycles. The van der Waals surface area contributed by atoms with E-state index in [9.17, 15) is 0 Å². The number of rotatable bonds is 2. The van der Waals surface area contributed by atoms with Crippen molar-refractivity contribution in [3.8, 4) is 0 Å². The average Bonchev–Trinajstić information content (AvgIpc) is 2.60. The Labute approximate surface area is 67.6 Å². The maximum Gasteiger partial charge on any atom is -0.000704 e. The fraction of sp³-hybridized carbons (Fsp3) is 0.182. The normalized spacial score (nSPS) is 22.5. The molecule has 0 heteroatoms. The molecule has 0 atom stereocenters. The van der Waals surface area contributed by atoms with E-state index in [1.54, 1.807) is 0 Å². The van der Waals surface area contributed by atoms with Crippen molar-refractivity contribution >= 4 is 0 Å². The highest BCUT2D eigenvalue weighted by molar-refractivity contribution is 5.27. The van der Waals surface area contributed by atoms with Crippen molar-refractivity contribution in [2.45, 2.75) is 0 Å². The van der Waals surface area contributed by atoms with Crippen LogP contribution in [0.4, 0.5) is 0 Å². The zero-order valence-corrected chi connectivity index (χ0v) is 6.35. The van der Waals surface area contributed by atoms with E-state index in [2.05, 4.69) is 55.0 Å². The van der Waals surface area contributed by atoms with Gasteiger partial charge >= 0.3 is 0 Å². The molecule has 11 heavy (non-hydrogen) atoms. The van der Waals surface area contributed by atoms with Crippen LogP contribution in [-0.2, 0) is 0 Å². The van der Waals surface area contributed by atoms with Gasteiger partial charge in [0.2, 0.25) is 0 Å². The first-order chi connectivity index (χ1) is 5.45. The molecule has 0 unspecified atom stereocenters. The molecular weight excluding hydrogens is 132 g/mol. The van der Waals surface area contributed by atoms with Crippen molar-refractivity contribution in [3.63, 3.8) is 0 Å². The molecule has 2 aliphatic carbocycles. The van der Waals surface area contributed by atoms with Crippen molar-refractivity contribution in [2.24, 2.45) is 11.8 Å². The molecule has 0 spiro atoms. The Morgan fingerprint density at radius 1 is 0.636 bits per heavy atom. The predicted molar refractivity (Wildman–Crippen MR) is 47.8 cm³/mol. The lowest BCUT2D eigenvalue weighted by Gasteiger charge is -2.07.